The van der Waals surface area contributed by atoms with Crippen LogP contribution in [0.15, 0.2) is 41.0 Å². The Morgan fingerprint density at radius 3 is 2.42 bits per heavy atom. The Labute approximate surface area is 155 Å². The number of aliphatic hydroxyl groups excluding tert-OH is 2. The van der Waals surface area contributed by atoms with E-state index in [-0.39, 0.29) is 17.4 Å². The van der Waals surface area contributed by atoms with Gasteiger partial charge in [0.15, 0.2) is 9.84 Å². The molecule has 26 heavy (non-hydrogen) atoms. The molecule has 144 valence electrons. The summed E-state index contributed by atoms with van der Waals surface area (Å²) in [5.41, 5.74) is 3.22. The molecule has 0 aromatic heterocycles. The molecule has 1 heterocycles. The fourth-order valence-corrected chi connectivity index (χ4v) is 5.45. The summed E-state index contributed by atoms with van der Waals surface area (Å²) >= 11 is 0. The van der Waals surface area contributed by atoms with Crippen molar-refractivity contribution in [2.45, 2.75) is 45.0 Å². The molecule has 1 aromatic rings. The lowest BCUT2D eigenvalue weighted by molar-refractivity contribution is 0.188. The third kappa shape index (κ3) is 4.75. The van der Waals surface area contributed by atoms with E-state index in [1.54, 1.807) is 24.3 Å². The third-order valence-electron chi connectivity index (χ3n) is 4.85. The monoisotopic (exact) mass is 380 g/mol. The van der Waals surface area contributed by atoms with Gasteiger partial charge in [0, 0.05) is 0 Å². The minimum Gasteiger partial charge on any atom is -0.508 e. The third-order valence-corrected chi connectivity index (χ3v) is 6.83. The summed E-state index contributed by atoms with van der Waals surface area (Å²) in [5, 5.41) is 28.5. The van der Waals surface area contributed by atoms with Gasteiger partial charge in [-0.05, 0) is 54.5 Å². The highest BCUT2D eigenvalue weighted by molar-refractivity contribution is 7.92. The molecule has 6 heteroatoms. The van der Waals surface area contributed by atoms with Crippen LogP contribution in [0.4, 0.5) is 0 Å². The molecule has 0 aliphatic carbocycles. The largest absolute Gasteiger partial charge is 0.508 e. The Morgan fingerprint density at radius 1 is 1.27 bits per heavy atom. The molecule has 2 atom stereocenters. The number of rotatable bonds is 7. The molecule has 5 nitrogen and oxygen atoms in total. The maximum absolute atomic E-state index is 12.3. The minimum absolute atomic E-state index is 0.0135. The van der Waals surface area contributed by atoms with Gasteiger partial charge in [-0.2, -0.15) is 0 Å². The molecule has 0 saturated heterocycles. The lowest BCUT2D eigenvalue weighted by Crippen LogP contribution is -2.29. The first-order valence-electron chi connectivity index (χ1n) is 8.85. The highest BCUT2D eigenvalue weighted by atomic mass is 32.2. The fourth-order valence-electron chi connectivity index (χ4n) is 3.39. The summed E-state index contributed by atoms with van der Waals surface area (Å²) in [5.74, 6) is 0.144. The molecule has 0 spiro atoms. The fraction of sp³-hybridized carbons (Fsp3) is 0.500. The van der Waals surface area contributed by atoms with Crippen LogP contribution >= 0.6 is 0 Å². The van der Waals surface area contributed by atoms with E-state index in [0.29, 0.717) is 18.4 Å². The van der Waals surface area contributed by atoms with Crippen molar-refractivity contribution in [3.8, 4) is 5.75 Å². The number of aromatic hydroxyl groups is 1. The Kier molecular flexibility index (Phi) is 6.66. The van der Waals surface area contributed by atoms with E-state index in [1.165, 1.54) is 0 Å². The van der Waals surface area contributed by atoms with Crippen LogP contribution in [0.2, 0.25) is 0 Å². The van der Waals surface area contributed by atoms with Crippen LogP contribution in [-0.4, -0.2) is 47.5 Å². The van der Waals surface area contributed by atoms with Crippen LogP contribution < -0.4 is 0 Å². The van der Waals surface area contributed by atoms with Crippen molar-refractivity contribution in [3.63, 3.8) is 0 Å². The molecule has 0 bridgehead atoms. The second kappa shape index (κ2) is 8.37. The van der Waals surface area contributed by atoms with Gasteiger partial charge in [-0.25, -0.2) is 8.42 Å². The van der Waals surface area contributed by atoms with Crippen LogP contribution in [0.1, 0.15) is 39.2 Å². The van der Waals surface area contributed by atoms with Gasteiger partial charge in [-0.15, -0.1) is 0 Å². The van der Waals surface area contributed by atoms with E-state index >= 15 is 0 Å². The van der Waals surface area contributed by atoms with Gasteiger partial charge >= 0.3 is 0 Å². The molecule has 3 N–H and O–H groups in total. The Bertz CT molecular complexity index is 788. The molecular weight excluding hydrogens is 352 g/mol. The predicted octanol–water partition coefficient (Wildman–Crippen LogP) is 2.68. The maximum Gasteiger partial charge on any atom is 0.163 e. The molecule has 2 rings (SSSR count). The first-order chi connectivity index (χ1) is 12.2. The van der Waals surface area contributed by atoms with Crippen molar-refractivity contribution in [1.29, 1.82) is 0 Å². The number of benzene rings is 1. The first-order valence-corrected chi connectivity index (χ1v) is 10.6. The van der Waals surface area contributed by atoms with Gasteiger partial charge in [-0.3, -0.25) is 0 Å². The summed E-state index contributed by atoms with van der Waals surface area (Å²) < 4.78 is 24.6. The highest BCUT2D eigenvalue weighted by Crippen LogP contribution is 2.35. The molecule has 1 aliphatic heterocycles. The molecule has 1 aliphatic rings. The standard InChI is InChI=1S/C20H28O5S/c1-13(2)17-12-26(24,25)19(11-21)20(17)18(23)9-4-14(3)10-15-5-7-16(22)8-6-15/h5-8,10,13,18-19,21-23H,4,9,11-12H2,1-3H3/b14-10+/t18-,19+/m1/s1. The Balaban J connectivity index is 2.13. The molecule has 0 fully saturated rings. The number of phenols is 1. The van der Waals surface area contributed by atoms with Crippen LogP contribution in [0.3, 0.4) is 0 Å². The number of hydrogen-bond acceptors (Lipinski definition) is 5. The second-order valence-corrected chi connectivity index (χ2v) is 9.43. The van der Waals surface area contributed by atoms with Crippen molar-refractivity contribution in [2.75, 3.05) is 12.4 Å². The molecular formula is C20H28O5S. The molecule has 1 aromatic carbocycles. The Hall–Kier alpha value is -1.63. The van der Waals surface area contributed by atoms with E-state index in [2.05, 4.69) is 0 Å². The zero-order chi connectivity index (χ0) is 19.5. The topological polar surface area (TPSA) is 94.8 Å². The number of allylic oxidation sites excluding steroid dienone is 1. The van der Waals surface area contributed by atoms with E-state index in [0.717, 1.165) is 16.7 Å². The van der Waals surface area contributed by atoms with Gasteiger partial charge in [0.2, 0.25) is 0 Å². The quantitative estimate of drug-likeness (QED) is 0.632. The van der Waals surface area contributed by atoms with E-state index in [1.807, 2.05) is 26.8 Å². The normalized spacial score (nSPS) is 21.5. The summed E-state index contributed by atoms with van der Waals surface area (Å²) in [6, 6.07) is 6.84. The van der Waals surface area contributed by atoms with Crippen molar-refractivity contribution >= 4 is 15.9 Å². The van der Waals surface area contributed by atoms with Gasteiger partial charge in [-0.1, -0.05) is 37.6 Å². The van der Waals surface area contributed by atoms with Crippen LogP contribution in [0.25, 0.3) is 6.08 Å². The zero-order valence-corrected chi connectivity index (χ0v) is 16.3. The number of aliphatic hydroxyl groups is 2. The number of hydrogen-bond donors (Lipinski definition) is 3. The van der Waals surface area contributed by atoms with Gasteiger partial charge in [0.25, 0.3) is 0 Å². The average molecular weight is 381 g/mol. The van der Waals surface area contributed by atoms with Crippen molar-refractivity contribution < 1.29 is 23.7 Å². The predicted molar refractivity (Wildman–Crippen MR) is 104 cm³/mol. The molecule has 0 amide bonds. The van der Waals surface area contributed by atoms with E-state index in [4.69, 9.17) is 0 Å². The minimum atomic E-state index is -3.44. The zero-order valence-electron chi connectivity index (χ0n) is 15.5. The SMILES string of the molecule is C/C(=C\c1ccc(O)cc1)CC[C@@H](O)C1=C(C(C)C)CS(=O)(=O)[C@H]1CO. The molecule has 0 saturated carbocycles. The second-order valence-electron chi connectivity index (χ2n) is 7.25. The van der Waals surface area contributed by atoms with E-state index < -0.39 is 27.8 Å². The van der Waals surface area contributed by atoms with Crippen molar-refractivity contribution in [2.24, 2.45) is 5.92 Å². The summed E-state index contributed by atoms with van der Waals surface area (Å²) in [7, 11) is -3.44. The molecule has 0 radical (unpaired) electrons. The van der Waals surface area contributed by atoms with Gasteiger partial charge in [0.1, 0.15) is 11.0 Å². The molecule has 0 unspecified atom stereocenters. The summed E-state index contributed by atoms with van der Waals surface area (Å²) in [6.07, 6.45) is 2.09. The van der Waals surface area contributed by atoms with Crippen molar-refractivity contribution in [3.05, 3.63) is 46.5 Å². The summed E-state index contributed by atoms with van der Waals surface area (Å²) in [4.78, 5) is 0. The summed E-state index contributed by atoms with van der Waals surface area (Å²) in [6.45, 7) is 5.28. The lowest BCUT2D eigenvalue weighted by Gasteiger charge is -2.20. The van der Waals surface area contributed by atoms with E-state index in [9.17, 15) is 23.7 Å². The maximum atomic E-state index is 12.3. The van der Waals surface area contributed by atoms with Crippen molar-refractivity contribution in [1.82, 2.24) is 0 Å². The van der Waals surface area contributed by atoms with Crippen LogP contribution in [0, 0.1) is 5.92 Å². The lowest BCUT2D eigenvalue weighted by atomic mass is 9.90. The first kappa shape index (κ1) is 20.7. The number of phenolic OH excluding ortho intramolecular Hbond substituents is 1. The van der Waals surface area contributed by atoms with Gasteiger partial charge in [0.05, 0.1) is 18.5 Å². The number of sulfone groups is 1. The average Bonchev–Trinajstić information content (AvgIpc) is 2.85. The highest BCUT2D eigenvalue weighted by Gasteiger charge is 2.41. The smallest absolute Gasteiger partial charge is 0.163 e. The van der Waals surface area contributed by atoms with Crippen LogP contribution in [0.5, 0.6) is 5.75 Å². The Morgan fingerprint density at radius 2 is 1.88 bits per heavy atom. The van der Waals surface area contributed by atoms with Gasteiger partial charge < -0.3 is 15.3 Å². The van der Waals surface area contributed by atoms with Crippen LogP contribution in [-0.2, 0) is 9.84 Å².